The molecule has 4 N–H and O–H groups in total. The predicted octanol–water partition coefficient (Wildman–Crippen LogP) is 0.941. The molecule has 1 unspecified atom stereocenters. The Kier molecular flexibility index (Phi) is 7.24. The number of rotatable bonds is 10. The Bertz CT molecular complexity index is 665. The van der Waals surface area contributed by atoms with Crippen LogP contribution in [0.4, 0.5) is 0 Å². The van der Waals surface area contributed by atoms with E-state index in [-0.39, 0.29) is 29.2 Å². The van der Waals surface area contributed by atoms with E-state index in [9.17, 15) is 19.5 Å². The van der Waals surface area contributed by atoms with E-state index in [1.807, 2.05) is 6.92 Å². The Morgan fingerprint density at radius 2 is 1.73 bits per heavy atom. The molecule has 0 aliphatic carbocycles. The molecule has 1 aromatic carbocycles. The molecule has 2 amide bonds. The minimum absolute atomic E-state index is 0.111. The lowest BCUT2D eigenvalue weighted by atomic mass is 9.95. The summed E-state index contributed by atoms with van der Waals surface area (Å²) in [7, 11) is 2.71. The number of nitrogens with two attached hydrogens (primary N) is 1. The van der Waals surface area contributed by atoms with Crippen molar-refractivity contribution in [1.29, 1.82) is 0 Å². The van der Waals surface area contributed by atoms with Crippen molar-refractivity contribution in [2.45, 2.75) is 32.2 Å². The topological polar surface area (TPSA) is 137 Å². The monoisotopic (exact) mass is 368 g/mol. The highest BCUT2D eigenvalue weighted by Gasteiger charge is 2.34. The second kappa shape index (κ2) is 8.93. The minimum atomic E-state index is -1.41. The van der Waals surface area contributed by atoms with Crippen LogP contribution in [0.3, 0.4) is 0 Å². The molecule has 0 fully saturated rings. The smallest absolute Gasteiger partial charge is 0.329 e. The van der Waals surface area contributed by atoms with E-state index in [0.29, 0.717) is 6.42 Å². The number of amides is 2. The van der Waals surface area contributed by atoms with Gasteiger partial charge in [0.2, 0.25) is 5.75 Å². The quantitative estimate of drug-likeness (QED) is 0.559. The van der Waals surface area contributed by atoms with Gasteiger partial charge in [0.1, 0.15) is 5.54 Å². The minimum Gasteiger partial charge on any atom is -0.493 e. The third kappa shape index (κ3) is 5.01. The van der Waals surface area contributed by atoms with Crippen LogP contribution in [0, 0.1) is 0 Å². The van der Waals surface area contributed by atoms with Gasteiger partial charge >= 0.3 is 5.97 Å². The number of ether oxygens (including phenoxy) is 3. The average molecular weight is 368 g/mol. The van der Waals surface area contributed by atoms with Crippen LogP contribution in [0.15, 0.2) is 12.1 Å². The highest BCUT2D eigenvalue weighted by atomic mass is 16.5. The fraction of sp³-hybridized carbons (Fsp3) is 0.471. The molecule has 0 bridgehead atoms. The molecule has 0 aliphatic heterocycles. The molecule has 0 spiro atoms. The highest BCUT2D eigenvalue weighted by molar-refractivity contribution is 5.98. The summed E-state index contributed by atoms with van der Waals surface area (Å²) in [5.74, 6) is -2.03. The van der Waals surface area contributed by atoms with Crippen LogP contribution in [0.5, 0.6) is 17.2 Å². The van der Waals surface area contributed by atoms with E-state index in [0.717, 1.165) is 0 Å². The van der Waals surface area contributed by atoms with Crippen molar-refractivity contribution in [2.75, 3.05) is 20.8 Å². The van der Waals surface area contributed by atoms with Crippen molar-refractivity contribution < 1.29 is 33.7 Å². The molecule has 0 aliphatic rings. The number of methoxy groups -OCH3 is 2. The van der Waals surface area contributed by atoms with Crippen molar-refractivity contribution in [2.24, 2.45) is 5.73 Å². The number of carboxylic acids is 1. The molecular weight excluding hydrogens is 344 g/mol. The SMILES string of the molecule is CCCC(C)(NC(=O)c1cc(OC)c(OCC(N)=O)c(OC)c1)C(=O)O. The Hall–Kier alpha value is -2.97. The van der Waals surface area contributed by atoms with Gasteiger partial charge in [0.05, 0.1) is 14.2 Å². The first-order chi connectivity index (χ1) is 12.2. The lowest BCUT2D eigenvalue weighted by Crippen LogP contribution is -2.52. The van der Waals surface area contributed by atoms with Gasteiger partial charge in [-0.05, 0) is 25.5 Å². The summed E-state index contributed by atoms with van der Waals surface area (Å²) >= 11 is 0. The molecule has 1 rings (SSSR count). The molecule has 1 aromatic rings. The van der Waals surface area contributed by atoms with Crippen LogP contribution < -0.4 is 25.3 Å². The number of carboxylic acid groups (broad SMARTS) is 1. The van der Waals surface area contributed by atoms with E-state index < -0.39 is 29.9 Å². The summed E-state index contributed by atoms with van der Waals surface area (Å²) in [5.41, 5.74) is 3.77. The molecule has 144 valence electrons. The van der Waals surface area contributed by atoms with Crippen molar-refractivity contribution in [3.8, 4) is 17.2 Å². The van der Waals surface area contributed by atoms with Gasteiger partial charge in [0.25, 0.3) is 11.8 Å². The van der Waals surface area contributed by atoms with Gasteiger partial charge in [-0.3, -0.25) is 9.59 Å². The molecule has 26 heavy (non-hydrogen) atoms. The van der Waals surface area contributed by atoms with Gasteiger partial charge < -0.3 is 30.4 Å². The van der Waals surface area contributed by atoms with E-state index >= 15 is 0 Å². The normalized spacial score (nSPS) is 12.6. The van der Waals surface area contributed by atoms with E-state index in [2.05, 4.69) is 5.32 Å². The zero-order valence-corrected chi connectivity index (χ0v) is 15.3. The first kappa shape index (κ1) is 21.1. The van der Waals surface area contributed by atoms with E-state index in [4.69, 9.17) is 19.9 Å². The maximum atomic E-state index is 12.6. The highest BCUT2D eigenvalue weighted by Crippen LogP contribution is 2.38. The van der Waals surface area contributed by atoms with Crippen LogP contribution in [-0.4, -0.2) is 49.3 Å². The lowest BCUT2D eigenvalue weighted by molar-refractivity contribution is -0.144. The molecule has 0 aromatic heterocycles. The van der Waals surface area contributed by atoms with Gasteiger partial charge in [-0.1, -0.05) is 13.3 Å². The second-order valence-electron chi connectivity index (χ2n) is 5.81. The first-order valence-corrected chi connectivity index (χ1v) is 7.91. The van der Waals surface area contributed by atoms with Crippen molar-refractivity contribution >= 4 is 17.8 Å². The Labute approximate surface area is 151 Å². The Morgan fingerprint density at radius 1 is 1.19 bits per heavy atom. The summed E-state index contributed by atoms with van der Waals surface area (Å²) in [6.45, 7) is 2.87. The summed E-state index contributed by atoms with van der Waals surface area (Å²) in [4.78, 5) is 35.0. The third-order valence-corrected chi connectivity index (χ3v) is 3.69. The average Bonchev–Trinajstić information content (AvgIpc) is 2.58. The van der Waals surface area contributed by atoms with Gasteiger partial charge in [0, 0.05) is 5.56 Å². The second-order valence-corrected chi connectivity index (χ2v) is 5.81. The number of carbonyl (C=O) groups is 3. The summed E-state index contributed by atoms with van der Waals surface area (Å²) in [6, 6.07) is 2.73. The van der Waals surface area contributed by atoms with E-state index in [1.165, 1.54) is 33.3 Å². The van der Waals surface area contributed by atoms with Gasteiger partial charge in [0.15, 0.2) is 18.1 Å². The molecule has 9 nitrogen and oxygen atoms in total. The van der Waals surface area contributed by atoms with Gasteiger partial charge in [-0.2, -0.15) is 0 Å². The zero-order valence-electron chi connectivity index (χ0n) is 15.3. The molecule has 0 radical (unpaired) electrons. The van der Waals surface area contributed by atoms with Gasteiger partial charge in [-0.25, -0.2) is 4.79 Å². The Morgan fingerprint density at radius 3 is 2.12 bits per heavy atom. The molecular formula is C17H24N2O7. The standard InChI is InChI=1S/C17H24N2O7/c1-5-6-17(2,16(22)23)19-15(21)10-7-11(24-3)14(12(8-10)25-4)26-9-13(18)20/h7-8H,5-6,9H2,1-4H3,(H2,18,20)(H,19,21)(H,22,23). The fourth-order valence-electron chi connectivity index (χ4n) is 2.34. The molecule has 0 saturated heterocycles. The summed E-state index contributed by atoms with van der Waals surface area (Å²) in [6.07, 6.45) is 0.845. The first-order valence-electron chi connectivity index (χ1n) is 7.91. The predicted molar refractivity (Wildman–Crippen MR) is 92.7 cm³/mol. The van der Waals surface area contributed by atoms with Crippen LogP contribution in [0.1, 0.15) is 37.0 Å². The summed E-state index contributed by atoms with van der Waals surface area (Å²) in [5, 5.41) is 11.9. The fourth-order valence-corrected chi connectivity index (χ4v) is 2.34. The number of carbonyl (C=O) groups excluding carboxylic acids is 2. The number of hydrogen-bond acceptors (Lipinski definition) is 6. The van der Waals surface area contributed by atoms with Gasteiger partial charge in [-0.15, -0.1) is 0 Å². The largest absolute Gasteiger partial charge is 0.493 e. The Balaban J connectivity index is 3.22. The third-order valence-electron chi connectivity index (χ3n) is 3.69. The summed E-state index contributed by atoms with van der Waals surface area (Å²) < 4.78 is 15.6. The maximum Gasteiger partial charge on any atom is 0.329 e. The lowest BCUT2D eigenvalue weighted by Gasteiger charge is -2.26. The van der Waals surface area contributed by atoms with Crippen molar-refractivity contribution in [1.82, 2.24) is 5.32 Å². The number of aliphatic carboxylic acids is 1. The van der Waals surface area contributed by atoms with Crippen molar-refractivity contribution in [3.05, 3.63) is 17.7 Å². The molecule has 1 atom stereocenters. The van der Waals surface area contributed by atoms with E-state index in [1.54, 1.807) is 0 Å². The van der Waals surface area contributed by atoms with Crippen LogP contribution in [0.25, 0.3) is 0 Å². The number of hydrogen-bond donors (Lipinski definition) is 3. The number of nitrogens with one attached hydrogen (secondary N) is 1. The molecule has 0 heterocycles. The zero-order chi connectivity index (χ0) is 19.9. The van der Waals surface area contributed by atoms with Crippen LogP contribution >= 0.6 is 0 Å². The van der Waals surface area contributed by atoms with Crippen molar-refractivity contribution in [3.63, 3.8) is 0 Å². The number of benzene rings is 1. The number of primary amides is 1. The molecule has 0 saturated carbocycles. The maximum absolute atomic E-state index is 12.6. The van der Waals surface area contributed by atoms with Crippen LogP contribution in [-0.2, 0) is 9.59 Å². The van der Waals surface area contributed by atoms with Crippen LogP contribution in [0.2, 0.25) is 0 Å². The molecule has 9 heteroatoms.